The second kappa shape index (κ2) is 12.4. The molecule has 0 unspecified atom stereocenters. The first kappa shape index (κ1) is 31.7. The van der Waals surface area contributed by atoms with E-state index in [2.05, 4.69) is 103 Å². The SMILES string of the molecule is CC1(C)c2ccccc2-c2ccc(-c3c(-c4[c-]c(-c5cc(-c6ccccc6)cc(-c6ccccc6O)n5)ccc4)nc4ccccn34)cc21.[Pt]. The van der Waals surface area contributed by atoms with Gasteiger partial charge in [-0.25, -0.2) is 0 Å². The van der Waals surface area contributed by atoms with Gasteiger partial charge in [0.15, 0.2) is 0 Å². The molecule has 5 aromatic carbocycles. The number of aromatic nitrogens is 3. The third-order valence-corrected chi connectivity index (χ3v) is 9.83. The van der Waals surface area contributed by atoms with Gasteiger partial charge in [0.05, 0.1) is 5.69 Å². The number of phenols is 1. The molecule has 0 spiro atoms. The number of phenolic OH excluding ortho intramolecular Hbond substituents is 1. The topological polar surface area (TPSA) is 50.4 Å². The number of nitrogens with zero attached hydrogens (tertiary/aromatic N) is 3. The monoisotopic (exact) mass is 825 g/mol. The van der Waals surface area contributed by atoms with E-state index >= 15 is 0 Å². The molecule has 1 aliphatic carbocycles. The predicted octanol–water partition coefficient (Wildman–Crippen LogP) is 10.9. The normalized spacial score (nSPS) is 12.7. The molecule has 1 aliphatic rings. The van der Waals surface area contributed by atoms with Gasteiger partial charge in [-0.05, 0) is 75.3 Å². The summed E-state index contributed by atoms with van der Waals surface area (Å²) in [6, 6.07) is 53.3. The molecule has 0 aliphatic heterocycles. The van der Waals surface area contributed by atoms with Crippen molar-refractivity contribution in [1.29, 1.82) is 0 Å². The van der Waals surface area contributed by atoms with Crippen LogP contribution in [-0.2, 0) is 26.5 Å². The van der Waals surface area contributed by atoms with Crippen LogP contribution < -0.4 is 0 Å². The van der Waals surface area contributed by atoms with Gasteiger partial charge >= 0.3 is 0 Å². The van der Waals surface area contributed by atoms with Crippen LogP contribution in [0.5, 0.6) is 5.75 Å². The summed E-state index contributed by atoms with van der Waals surface area (Å²) in [5.74, 6) is 0.193. The number of rotatable bonds is 5. The number of pyridine rings is 2. The zero-order chi connectivity index (χ0) is 33.1. The summed E-state index contributed by atoms with van der Waals surface area (Å²) < 4.78 is 2.18. The largest absolute Gasteiger partial charge is 0.507 e. The van der Waals surface area contributed by atoms with E-state index in [9.17, 15) is 5.11 Å². The second-order valence-electron chi connectivity index (χ2n) is 13.2. The molecule has 244 valence electrons. The fraction of sp³-hybridized carbons (Fsp3) is 0.0667. The molecule has 0 atom stereocenters. The number of imidazole rings is 1. The van der Waals surface area contributed by atoms with Gasteiger partial charge in [0, 0.05) is 55.3 Å². The van der Waals surface area contributed by atoms with E-state index in [-0.39, 0.29) is 32.2 Å². The van der Waals surface area contributed by atoms with Gasteiger partial charge in [-0.3, -0.25) is 9.97 Å². The van der Waals surface area contributed by atoms with Crippen molar-refractivity contribution in [1.82, 2.24) is 14.4 Å². The molecule has 50 heavy (non-hydrogen) atoms. The van der Waals surface area contributed by atoms with Crippen molar-refractivity contribution in [3.05, 3.63) is 169 Å². The second-order valence-corrected chi connectivity index (χ2v) is 13.2. The van der Waals surface area contributed by atoms with Crippen LogP contribution >= 0.6 is 0 Å². The van der Waals surface area contributed by atoms with E-state index in [1.54, 1.807) is 6.07 Å². The van der Waals surface area contributed by atoms with Crippen molar-refractivity contribution < 1.29 is 26.2 Å². The molecule has 0 saturated heterocycles. The van der Waals surface area contributed by atoms with Crippen molar-refractivity contribution in [3.63, 3.8) is 0 Å². The van der Waals surface area contributed by atoms with Gasteiger partial charge in [0.25, 0.3) is 0 Å². The van der Waals surface area contributed by atoms with E-state index in [4.69, 9.17) is 9.97 Å². The third-order valence-electron chi connectivity index (χ3n) is 9.83. The molecule has 1 N–H and O–H groups in total. The summed E-state index contributed by atoms with van der Waals surface area (Å²) in [7, 11) is 0. The summed E-state index contributed by atoms with van der Waals surface area (Å²) in [5, 5.41) is 10.8. The molecule has 3 aromatic heterocycles. The van der Waals surface area contributed by atoms with Crippen LogP contribution in [0.3, 0.4) is 0 Å². The summed E-state index contributed by atoms with van der Waals surface area (Å²) >= 11 is 0. The third kappa shape index (κ3) is 5.19. The minimum absolute atomic E-state index is 0. The Balaban J connectivity index is 0.00000361. The van der Waals surface area contributed by atoms with Crippen LogP contribution in [0.15, 0.2) is 152 Å². The zero-order valence-electron chi connectivity index (χ0n) is 27.5. The molecule has 3 heterocycles. The fourth-order valence-electron chi connectivity index (χ4n) is 7.36. The Kier molecular flexibility index (Phi) is 7.85. The Morgan fingerprint density at radius 3 is 2.10 bits per heavy atom. The molecule has 0 saturated carbocycles. The molecule has 0 bridgehead atoms. The fourth-order valence-corrected chi connectivity index (χ4v) is 7.36. The van der Waals surface area contributed by atoms with Crippen LogP contribution in [0.4, 0.5) is 0 Å². The molecule has 8 aromatic rings. The van der Waals surface area contributed by atoms with Crippen molar-refractivity contribution in [2.45, 2.75) is 19.3 Å². The first-order valence-corrected chi connectivity index (χ1v) is 16.6. The molecule has 0 radical (unpaired) electrons. The summed E-state index contributed by atoms with van der Waals surface area (Å²) in [4.78, 5) is 10.3. The Bertz CT molecular complexity index is 2550. The molecule has 0 fully saturated rings. The van der Waals surface area contributed by atoms with Gasteiger partial charge < -0.3 is 9.51 Å². The summed E-state index contributed by atoms with van der Waals surface area (Å²) in [5.41, 5.74) is 15.0. The Morgan fingerprint density at radius 2 is 1.26 bits per heavy atom. The maximum absolute atomic E-state index is 10.8. The van der Waals surface area contributed by atoms with Crippen molar-refractivity contribution in [2.24, 2.45) is 0 Å². The zero-order valence-corrected chi connectivity index (χ0v) is 29.8. The summed E-state index contributed by atoms with van der Waals surface area (Å²) in [6.07, 6.45) is 2.08. The number of hydrogen-bond acceptors (Lipinski definition) is 3. The van der Waals surface area contributed by atoms with Gasteiger partial charge in [-0.1, -0.05) is 116 Å². The molecule has 0 amide bonds. The van der Waals surface area contributed by atoms with Crippen molar-refractivity contribution in [2.75, 3.05) is 0 Å². The maximum Gasteiger partial charge on any atom is 0.129 e. The van der Waals surface area contributed by atoms with Crippen LogP contribution in [0, 0.1) is 6.07 Å². The smallest absolute Gasteiger partial charge is 0.129 e. The van der Waals surface area contributed by atoms with E-state index < -0.39 is 0 Å². The predicted molar refractivity (Wildman–Crippen MR) is 198 cm³/mol. The molecule has 5 heteroatoms. The quantitative estimate of drug-likeness (QED) is 0.176. The average molecular weight is 826 g/mol. The van der Waals surface area contributed by atoms with Gasteiger partial charge in [0.2, 0.25) is 0 Å². The van der Waals surface area contributed by atoms with Gasteiger partial charge in [-0.15, -0.1) is 24.3 Å². The van der Waals surface area contributed by atoms with E-state index in [0.717, 1.165) is 50.5 Å². The minimum Gasteiger partial charge on any atom is -0.507 e. The molecular formula is C45H32N3OPt-. The van der Waals surface area contributed by atoms with Crippen molar-refractivity contribution in [3.8, 4) is 73.0 Å². The average Bonchev–Trinajstić information content (AvgIpc) is 3.65. The van der Waals surface area contributed by atoms with E-state index in [0.29, 0.717) is 11.3 Å². The molecule has 4 nitrogen and oxygen atoms in total. The number of hydrogen-bond donors (Lipinski definition) is 1. The Hall–Kier alpha value is -5.57. The van der Waals surface area contributed by atoms with E-state index in [1.807, 2.05) is 66.7 Å². The van der Waals surface area contributed by atoms with E-state index in [1.165, 1.54) is 22.3 Å². The van der Waals surface area contributed by atoms with Gasteiger partial charge in [0.1, 0.15) is 11.4 Å². The Labute approximate surface area is 306 Å². The Morgan fingerprint density at radius 1 is 0.560 bits per heavy atom. The summed E-state index contributed by atoms with van der Waals surface area (Å²) in [6.45, 7) is 4.63. The molecule has 9 rings (SSSR count). The molecular weight excluding hydrogens is 794 g/mol. The van der Waals surface area contributed by atoms with Gasteiger partial charge in [-0.2, -0.15) is 0 Å². The standard InChI is InChI=1S/C45H32N3O.Pt/c1-45(2)37-19-8-6-17-34(37)35-23-22-32(26-38(35)45)44-43(47-42-21-10-11-24-48(42)44)31-16-12-15-30(25-31)39-27-33(29-13-4-3-5-14-29)28-40(46-39)36-18-7-9-20-41(36)49;/h3-24,26-28,49H,1-2H3;/q-1;. The van der Waals surface area contributed by atoms with Crippen LogP contribution in [-0.4, -0.2) is 19.5 Å². The number of aromatic hydroxyl groups is 1. The minimum atomic E-state index is -0.116. The first-order chi connectivity index (χ1) is 24.0. The number of benzene rings is 5. The van der Waals surface area contributed by atoms with Crippen molar-refractivity contribution >= 4 is 5.65 Å². The first-order valence-electron chi connectivity index (χ1n) is 16.6. The number of fused-ring (bicyclic) bond motifs is 4. The number of para-hydroxylation sites is 1. The van der Waals surface area contributed by atoms with Crippen LogP contribution in [0.25, 0.3) is 72.9 Å². The maximum atomic E-state index is 10.8. The van der Waals surface area contributed by atoms with Crippen LogP contribution in [0.2, 0.25) is 0 Å². The van der Waals surface area contributed by atoms with Crippen LogP contribution in [0.1, 0.15) is 25.0 Å².